The summed E-state index contributed by atoms with van der Waals surface area (Å²) in [6.45, 7) is 0.472. The first-order valence-electron chi connectivity index (χ1n) is 9.45. The van der Waals surface area contributed by atoms with E-state index in [9.17, 15) is 4.79 Å². The highest BCUT2D eigenvalue weighted by Gasteiger charge is 2.14. The summed E-state index contributed by atoms with van der Waals surface area (Å²) in [5, 5.41) is 3.80. The van der Waals surface area contributed by atoms with Gasteiger partial charge in [0.25, 0.3) is 0 Å². The molecule has 0 aliphatic carbocycles. The Morgan fingerprint density at radius 1 is 1.03 bits per heavy atom. The standard InChI is InChI=1S/C23H22N4O2/c24-20(23(28)27-15-17-4-2-1-3-5-17)14-16-6-8-18(9-7-16)29-21-11-13-26-22-19(21)10-12-25-22/h1-13,20H,14-15,24H2,(H,25,26)(H,27,28)/t20-/m0/s1. The molecule has 1 amide bonds. The number of nitrogens with two attached hydrogens (primary N) is 1. The van der Waals surface area contributed by atoms with Gasteiger partial charge in [-0.25, -0.2) is 4.98 Å². The van der Waals surface area contributed by atoms with Crippen LogP contribution in [0.5, 0.6) is 11.5 Å². The molecule has 4 N–H and O–H groups in total. The summed E-state index contributed by atoms with van der Waals surface area (Å²) in [6, 6.07) is 20.5. The van der Waals surface area contributed by atoms with Gasteiger partial charge < -0.3 is 20.8 Å². The number of H-pyrrole nitrogens is 1. The van der Waals surface area contributed by atoms with Crippen LogP contribution in [0.2, 0.25) is 0 Å². The van der Waals surface area contributed by atoms with E-state index >= 15 is 0 Å². The number of nitrogens with zero attached hydrogens (tertiary/aromatic N) is 1. The Kier molecular flexibility index (Phi) is 5.54. The Hall–Kier alpha value is -3.64. The number of carbonyl (C=O) groups excluding carboxylic acids is 1. The van der Waals surface area contributed by atoms with Gasteiger partial charge in [0.15, 0.2) is 0 Å². The Labute approximate surface area is 168 Å². The first kappa shape index (κ1) is 18.7. The van der Waals surface area contributed by atoms with E-state index in [0.717, 1.165) is 27.9 Å². The van der Waals surface area contributed by atoms with Crippen LogP contribution in [0.4, 0.5) is 0 Å². The van der Waals surface area contributed by atoms with Crippen molar-refractivity contribution in [3.05, 3.63) is 90.3 Å². The van der Waals surface area contributed by atoms with Crippen molar-refractivity contribution in [3.63, 3.8) is 0 Å². The van der Waals surface area contributed by atoms with Crippen LogP contribution in [0, 0.1) is 0 Å². The van der Waals surface area contributed by atoms with E-state index in [1.807, 2.05) is 72.9 Å². The fourth-order valence-corrected chi connectivity index (χ4v) is 3.11. The maximum Gasteiger partial charge on any atom is 0.237 e. The maximum absolute atomic E-state index is 12.3. The van der Waals surface area contributed by atoms with Crippen molar-refractivity contribution >= 4 is 16.9 Å². The summed E-state index contributed by atoms with van der Waals surface area (Å²) < 4.78 is 5.97. The minimum Gasteiger partial charge on any atom is -0.457 e. The number of hydrogen-bond acceptors (Lipinski definition) is 4. The molecule has 1 atom stereocenters. The molecule has 0 fully saturated rings. The number of ether oxygens (including phenoxy) is 1. The summed E-state index contributed by atoms with van der Waals surface area (Å²) in [7, 11) is 0. The molecule has 2 aromatic heterocycles. The largest absolute Gasteiger partial charge is 0.457 e. The molecule has 2 heterocycles. The van der Waals surface area contributed by atoms with Gasteiger partial charge in [-0.05, 0) is 41.8 Å². The molecule has 29 heavy (non-hydrogen) atoms. The summed E-state index contributed by atoms with van der Waals surface area (Å²) in [5.74, 6) is 1.28. The number of rotatable bonds is 7. The van der Waals surface area contributed by atoms with E-state index in [2.05, 4.69) is 15.3 Å². The van der Waals surface area contributed by atoms with Gasteiger partial charge in [0.1, 0.15) is 17.1 Å². The van der Waals surface area contributed by atoms with Crippen LogP contribution >= 0.6 is 0 Å². The molecular formula is C23H22N4O2. The van der Waals surface area contributed by atoms with Gasteiger partial charge >= 0.3 is 0 Å². The lowest BCUT2D eigenvalue weighted by molar-refractivity contribution is -0.122. The number of pyridine rings is 1. The van der Waals surface area contributed by atoms with Gasteiger partial charge in [-0.2, -0.15) is 0 Å². The molecule has 4 aromatic rings. The summed E-state index contributed by atoms with van der Waals surface area (Å²) >= 11 is 0. The smallest absolute Gasteiger partial charge is 0.237 e. The number of nitrogens with one attached hydrogen (secondary N) is 2. The van der Waals surface area contributed by atoms with Crippen molar-refractivity contribution < 1.29 is 9.53 Å². The van der Waals surface area contributed by atoms with Gasteiger partial charge in [0, 0.05) is 18.9 Å². The van der Waals surface area contributed by atoms with Gasteiger partial charge in [-0.1, -0.05) is 42.5 Å². The quantitative estimate of drug-likeness (QED) is 0.453. The van der Waals surface area contributed by atoms with Gasteiger partial charge in [0.2, 0.25) is 5.91 Å². The van der Waals surface area contributed by atoms with E-state index in [4.69, 9.17) is 10.5 Å². The number of aromatic nitrogens is 2. The Morgan fingerprint density at radius 2 is 1.83 bits per heavy atom. The zero-order chi connectivity index (χ0) is 20.1. The van der Waals surface area contributed by atoms with E-state index in [1.54, 1.807) is 6.20 Å². The molecule has 0 bridgehead atoms. The van der Waals surface area contributed by atoms with Crippen molar-refractivity contribution in [1.82, 2.24) is 15.3 Å². The minimum atomic E-state index is -0.606. The summed E-state index contributed by atoms with van der Waals surface area (Å²) in [4.78, 5) is 19.6. The molecule has 0 aliphatic rings. The molecule has 0 spiro atoms. The van der Waals surface area contributed by atoms with Gasteiger partial charge in [0.05, 0.1) is 11.4 Å². The van der Waals surface area contributed by atoms with Gasteiger partial charge in [-0.15, -0.1) is 0 Å². The third-order valence-electron chi connectivity index (χ3n) is 4.67. The second-order valence-electron chi connectivity index (χ2n) is 6.81. The van der Waals surface area contributed by atoms with E-state index < -0.39 is 6.04 Å². The molecular weight excluding hydrogens is 364 g/mol. The molecule has 146 valence electrons. The molecule has 0 radical (unpaired) electrons. The zero-order valence-electron chi connectivity index (χ0n) is 15.8. The number of fused-ring (bicyclic) bond motifs is 1. The predicted octanol–water partition coefficient (Wildman–Crippen LogP) is 3.54. The number of carbonyl (C=O) groups is 1. The minimum absolute atomic E-state index is 0.166. The highest BCUT2D eigenvalue weighted by Crippen LogP contribution is 2.28. The molecule has 0 aliphatic heterocycles. The molecule has 6 nitrogen and oxygen atoms in total. The highest BCUT2D eigenvalue weighted by atomic mass is 16.5. The van der Waals surface area contributed by atoms with Gasteiger partial charge in [-0.3, -0.25) is 4.79 Å². The van der Waals surface area contributed by atoms with E-state index in [0.29, 0.717) is 18.7 Å². The van der Waals surface area contributed by atoms with Crippen LogP contribution in [0.25, 0.3) is 11.0 Å². The third-order valence-corrected chi connectivity index (χ3v) is 4.67. The fraction of sp³-hybridized carbons (Fsp3) is 0.130. The van der Waals surface area contributed by atoms with Crippen LogP contribution in [-0.4, -0.2) is 21.9 Å². The first-order valence-corrected chi connectivity index (χ1v) is 9.45. The first-order chi connectivity index (χ1) is 14.2. The zero-order valence-corrected chi connectivity index (χ0v) is 15.8. The second-order valence-corrected chi connectivity index (χ2v) is 6.81. The Bertz CT molecular complexity index is 1090. The fourth-order valence-electron chi connectivity index (χ4n) is 3.11. The summed E-state index contributed by atoms with van der Waals surface area (Å²) in [6.07, 6.45) is 3.99. The van der Waals surface area contributed by atoms with Crippen molar-refractivity contribution in [2.75, 3.05) is 0 Å². The van der Waals surface area contributed by atoms with E-state index in [-0.39, 0.29) is 5.91 Å². The topological polar surface area (TPSA) is 93.0 Å². The van der Waals surface area contributed by atoms with E-state index in [1.165, 1.54) is 0 Å². The molecule has 0 unspecified atom stereocenters. The SMILES string of the molecule is N[C@@H](Cc1ccc(Oc2ccnc3[nH]ccc23)cc1)C(=O)NCc1ccccc1. The van der Waals surface area contributed by atoms with Crippen LogP contribution < -0.4 is 15.8 Å². The molecule has 0 saturated carbocycles. The lowest BCUT2D eigenvalue weighted by Crippen LogP contribution is -2.41. The Balaban J connectivity index is 1.34. The van der Waals surface area contributed by atoms with Crippen molar-refractivity contribution in [2.45, 2.75) is 19.0 Å². The van der Waals surface area contributed by atoms with Crippen molar-refractivity contribution in [2.24, 2.45) is 5.73 Å². The van der Waals surface area contributed by atoms with Crippen LogP contribution in [0.1, 0.15) is 11.1 Å². The monoisotopic (exact) mass is 386 g/mol. The lowest BCUT2D eigenvalue weighted by Gasteiger charge is -2.13. The number of benzene rings is 2. The number of hydrogen-bond donors (Lipinski definition) is 3. The average molecular weight is 386 g/mol. The molecule has 0 saturated heterocycles. The van der Waals surface area contributed by atoms with Crippen molar-refractivity contribution in [3.8, 4) is 11.5 Å². The molecule has 4 rings (SSSR count). The Morgan fingerprint density at radius 3 is 2.62 bits per heavy atom. The van der Waals surface area contributed by atoms with Crippen LogP contribution in [0.3, 0.4) is 0 Å². The predicted molar refractivity (Wildman–Crippen MR) is 113 cm³/mol. The number of aromatic amines is 1. The number of amides is 1. The van der Waals surface area contributed by atoms with Crippen LogP contribution in [0.15, 0.2) is 79.1 Å². The lowest BCUT2D eigenvalue weighted by atomic mass is 10.1. The maximum atomic E-state index is 12.3. The second kappa shape index (κ2) is 8.58. The highest BCUT2D eigenvalue weighted by molar-refractivity contribution is 5.82. The molecule has 2 aromatic carbocycles. The molecule has 6 heteroatoms. The summed E-state index contributed by atoms with van der Waals surface area (Å²) in [5.41, 5.74) is 8.87. The van der Waals surface area contributed by atoms with Crippen molar-refractivity contribution in [1.29, 1.82) is 0 Å². The van der Waals surface area contributed by atoms with Crippen LogP contribution in [-0.2, 0) is 17.8 Å². The normalized spacial score (nSPS) is 11.9. The third kappa shape index (κ3) is 4.62. The average Bonchev–Trinajstić information content (AvgIpc) is 3.24.